The monoisotopic (exact) mass is 223 g/mol. The minimum Gasteiger partial charge on any atom is -0.376 e. The van der Waals surface area contributed by atoms with E-state index in [0.29, 0.717) is 12.8 Å². The largest absolute Gasteiger partial charge is 0.527 e. The highest BCUT2D eigenvalue weighted by atomic mass is 28.4. The fourth-order valence-electron chi connectivity index (χ4n) is 0.871. The summed E-state index contributed by atoms with van der Waals surface area (Å²) >= 11 is 0. The van der Waals surface area contributed by atoms with Crippen LogP contribution in [-0.4, -0.2) is 68.5 Å². The summed E-state index contributed by atoms with van der Waals surface area (Å²) in [5, 5.41) is 0. The van der Waals surface area contributed by atoms with Gasteiger partial charge in [-0.1, -0.05) is 0 Å². The Kier molecular flexibility index (Phi) is 7.34. The predicted octanol–water partition coefficient (Wildman–Crippen LogP) is -0.0181. The first-order valence-electron chi connectivity index (χ1n) is 4.48. The van der Waals surface area contributed by atoms with Crippen molar-refractivity contribution in [3.05, 3.63) is 0 Å². The van der Waals surface area contributed by atoms with Gasteiger partial charge in [0.05, 0.1) is 6.61 Å². The van der Waals surface area contributed by atoms with Crippen LogP contribution in [0.5, 0.6) is 0 Å². The van der Waals surface area contributed by atoms with Crippen molar-refractivity contribution in [3.8, 4) is 0 Å². The van der Waals surface area contributed by atoms with E-state index in [2.05, 4.69) is 4.90 Å². The summed E-state index contributed by atoms with van der Waals surface area (Å²) in [5.41, 5.74) is 0. The van der Waals surface area contributed by atoms with Crippen LogP contribution in [0.25, 0.3) is 0 Å². The SMILES string of the molecule is CO[Si](COCCN(C)C)(OC)OC. The van der Waals surface area contributed by atoms with Gasteiger partial charge in [-0.3, -0.25) is 0 Å². The van der Waals surface area contributed by atoms with Gasteiger partial charge in [-0.25, -0.2) is 0 Å². The van der Waals surface area contributed by atoms with Gasteiger partial charge in [0, 0.05) is 27.9 Å². The zero-order chi connectivity index (χ0) is 11.0. The number of rotatable bonds is 8. The summed E-state index contributed by atoms with van der Waals surface area (Å²) < 4.78 is 21.0. The highest BCUT2D eigenvalue weighted by molar-refractivity contribution is 6.60. The van der Waals surface area contributed by atoms with E-state index in [1.807, 2.05) is 14.1 Å². The second kappa shape index (κ2) is 7.33. The van der Waals surface area contributed by atoms with Gasteiger partial charge in [-0.2, -0.15) is 0 Å². The first kappa shape index (κ1) is 14.0. The molecule has 0 heterocycles. The molecule has 0 aliphatic carbocycles. The quantitative estimate of drug-likeness (QED) is 0.427. The summed E-state index contributed by atoms with van der Waals surface area (Å²) in [6, 6.07) is 0. The van der Waals surface area contributed by atoms with Crippen LogP contribution in [0.1, 0.15) is 0 Å². The zero-order valence-corrected chi connectivity index (χ0v) is 10.7. The molecule has 0 aromatic rings. The van der Waals surface area contributed by atoms with Gasteiger partial charge in [-0.15, -0.1) is 0 Å². The van der Waals surface area contributed by atoms with Crippen LogP contribution in [0.3, 0.4) is 0 Å². The van der Waals surface area contributed by atoms with Crippen molar-refractivity contribution in [1.29, 1.82) is 0 Å². The summed E-state index contributed by atoms with van der Waals surface area (Å²) in [6.45, 7) is 1.53. The Morgan fingerprint density at radius 3 is 1.86 bits per heavy atom. The third-order valence-electron chi connectivity index (χ3n) is 1.89. The third-order valence-corrected chi connectivity index (χ3v) is 4.32. The highest BCUT2D eigenvalue weighted by Crippen LogP contribution is 2.05. The lowest BCUT2D eigenvalue weighted by Gasteiger charge is -2.24. The van der Waals surface area contributed by atoms with Crippen molar-refractivity contribution in [2.45, 2.75) is 0 Å². The van der Waals surface area contributed by atoms with E-state index >= 15 is 0 Å². The minimum atomic E-state index is -2.53. The van der Waals surface area contributed by atoms with E-state index in [1.165, 1.54) is 0 Å². The Morgan fingerprint density at radius 1 is 1.00 bits per heavy atom. The molecule has 0 aliphatic rings. The van der Waals surface area contributed by atoms with Gasteiger partial charge in [0.1, 0.15) is 6.23 Å². The lowest BCUT2D eigenvalue weighted by molar-refractivity contribution is 0.0590. The molecule has 0 unspecified atom stereocenters. The normalized spacial score (nSPS) is 12.4. The van der Waals surface area contributed by atoms with Crippen molar-refractivity contribution >= 4 is 8.80 Å². The average Bonchev–Trinajstić information content (AvgIpc) is 2.19. The molecule has 0 aliphatic heterocycles. The second-order valence-corrected chi connectivity index (χ2v) is 6.03. The van der Waals surface area contributed by atoms with Crippen LogP contribution in [0.2, 0.25) is 0 Å². The molecule has 0 rings (SSSR count). The fraction of sp³-hybridized carbons (Fsp3) is 1.00. The molecule has 6 heteroatoms. The number of hydrogen-bond acceptors (Lipinski definition) is 5. The van der Waals surface area contributed by atoms with Crippen LogP contribution in [0, 0.1) is 0 Å². The average molecular weight is 223 g/mol. The summed E-state index contributed by atoms with van der Waals surface area (Å²) in [4.78, 5) is 2.05. The molecule has 5 nitrogen and oxygen atoms in total. The molecule has 0 fully saturated rings. The number of likely N-dealkylation sites (N-methyl/N-ethyl adjacent to an activating group) is 1. The molecule has 0 atom stereocenters. The van der Waals surface area contributed by atoms with E-state index in [0.717, 1.165) is 6.54 Å². The Morgan fingerprint density at radius 2 is 1.50 bits per heavy atom. The van der Waals surface area contributed by atoms with Gasteiger partial charge >= 0.3 is 8.80 Å². The number of hydrogen-bond donors (Lipinski definition) is 0. The van der Waals surface area contributed by atoms with Gasteiger partial charge in [0.2, 0.25) is 0 Å². The van der Waals surface area contributed by atoms with Crippen molar-refractivity contribution in [2.75, 3.05) is 54.8 Å². The van der Waals surface area contributed by atoms with E-state index in [9.17, 15) is 0 Å². The summed E-state index contributed by atoms with van der Waals surface area (Å²) in [6.07, 6.45) is 0.393. The molecular weight excluding hydrogens is 202 g/mol. The van der Waals surface area contributed by atoms with Crippen LogP contribution >= 0.6 is 0 Å². The smallest absolute Gasteiger partial charge is 0.376 e. The number of nitrogens with zero attached hydrogens (tertiary/aromatic N) is 1. The van der Waals surface area contributed by atoms with E-state index < -0.39 is 8.80 Å². The Balaban J connectivity index is 3.71. The fourth-order valence-corrected chi connectivity index (χ4v) is 2.12. The molecule has 0 saturated carbocycles. The van der Waals surface area contributed by atoms with Crippen molar-refractivity contribution in [1.82, 2.24) is 4.90 Å². The third kappa shape index (κ3) is 5.04. The van der Waals surface area contributed by atoms with Crippen molar-refractivity contribution < 1.29 is 18.0 Å². The van der Waals surface area contributed by atoms with E-state index in [4.69, 9.17) is 18.0 Å². The first-order valence-corrected chi connectivity index (χ1v) is 6.41. The van der Waals surface area contributed by atoms with Crippen LogP contribution in [0.4, 0.5) is 0 Å². The van der Waals surface area contributed by atoms with Gasteiger partial charge in [-0.05, 0) is 14.1 Å². The Hall–Kier alpha value is 0.0169. The molecule has 0 aromatic heterocycles. The Labute approximate surface area is 87.3 Å². The maximum Gasteiger partial charge on any atom is 0.527 e. The second-order valence-electron chi connectivity index (χ2n) is 3.15. The molecule has 0 spiro atoms. The molecular formula is C8H21NO4Si. The molecule has 0 radical (unpaired) electrons. The first-order chi connectivity index (χ1) is 6.60. The molecule has 0 bridgehead atoms. The Bertz CT molecular complexity index is 133. The van der Waals surface area contributed by atoms with Gasteiger partial charge < -0.3 is 22.9 Å². The number of ether oxygens (including phenoxy) is 1. The van der Waals surface area contributed by atoms with Crippen LogP contribution in [-0.2, 0) is 18.0 Å². The summed E-state index contributed by atoms with van der Waals surface area (Å²) in [5.74, 6) is 0. The maximum absolute atomic E-state index is 5.43. The van der Waals surface area contributed by atoms with E-state index in [-0.39, 0.29) is 0 Å². The maximum atomic E-state index is 5.43. The highest BCUT2D eigenvalue weighted by Gasteiger charge is 2.38. The summed E-state index contributed by atoms with van der Waals surface area (Å²) in [7, 11) is 6.20. The molecule has 86 valence electrons. The van der Waals surface area contributed by atoms with Crippen LogP contribution < -0.4 is 0 Å². The van der Waals surface area contributed by atoms with E-state index in [1.54, 1.807) is 21.3 Å². The van der Waals surface area contributed by atoms with Gasteiger partial charge in [0.25, 0.3) is 0 Å². The van der Waals surface area contributed by atoms with Crippen molar-refractivity contribution in [2.24, 2.45) is 0 Å². The molecule has 0 saturated heterocycles. The molecule has 0 N–H and O–H groups in total. The van der Waals surface area contributed by atoms with Gasteiger partial charge in [0.15, 0.2) is 0 Å². The topological polar surface area (TPSA) is 40.2 Å². The molecule has 14 heavy (non-hydrogen) atoms. The molecule has 0 aromatic carbocycles. The minimum absolute atomic E-state index is 0.393. The molecule has 0 amide bonds. The zero-order valence-electron chi connectivity index (χ0n) is 9.70. The predicted molar refractivity (Wildman–Crippen MR) is 56.2 cm³/mol. The van der Waals surface area contributed by atoms with Crippen LogP contribution in [0.15, 0.2) is 0 Å². The standard InChI is InChI=1S/C8H21NO4Si/c1-9(2)6-7-13-8-14(10-3,11-4)12-5/h6-8H2,1-5H3. The van der Waals surface area contributed by atoms with Crippen molar-refractivity contribution in [3.63, 3.8) is 0 Å². The lowest BCUT2D eigenvalue weighted by atomic mass is 10.6. The lowest BCUT2D eigenvalue weighted by Crippen LogP contribution is -2.48.